The highest BCUT2D eigenvalue weighted by molar-refractivity contribution is 5.77. The predicted molar refractivity (Wildman–Crippen MR) is 94.7 cm³/mol. The predicted octanol–water partition coefficient (Wildman–Crippen LogP) is 4.75. The second-order valence-electron chi connectivity index (χ2n) is 7.07. The summed E-state index contributed by atoms with van der Waals surface area (Å²) in [6.07, 6.45) is 1.91. The van der Waals surface area contributed by atoms with Crippen LogP contribution in [0.5, 0.6) is 0 Å². The number of nitrogens with zero attached hydrogens (tertiary/aromatic N) is 3. The van der Waals surface area contributed by atoms with Crippen molar-refractivity contribution in [2.45, 2.75) is 33.2 Å². The van der Waals surface area contributed by atoms with Crippen molar-refractivity contribution in [1.82, 2.24) is 19.7 Å². The molecule has 122 valence electrons. The zero-order valence-electron chi connectivity index (χ0n) is 14.3. The van der Waals surface area contributed by atoms with E-state index in [1.54, 1.807) is 0 Å². The van der Waals surface area contributed by atoms with Crippen molar-refractivity contribution in [2.75, 3.05) is 0 Å². The van der Waals surface area contributed by atoms with Gasteiger partial charge in [0, 0.05) is 6.20 Å². The fraction of sp³-hybridized carbons (Fsp3) is 0.263. The first-order valence-corrected chi connectivity index (χ1v) is 8.04. The number of hydrogen-bond acceptors (Lipinski definition) is 3. The molecule has 0 aliphatic carbocycles. The Morgan fingerprint density at radius 1 is 1.12 bits per heavy atom. The van der Waals surface area contributed by atoms with Crippen molar-refractivity contribution in [3.05, 3.63) is 48.2 Å². The van der Waals surface area contributed by atoms with Crippen molar-refractivity contribution in [3.8, 4) is 23.0 Å². The Balaban J connectivity index is 1.88. The zero-order valence-corrected chi connectivity index (χ0v) is 14.3. The molecule has 0 fully saturated rings. The SMILES string of the molecule is Cc1ccc2oc(-c3cc(-c4ccc[nH]4)n(C(C)(C)C)n3)nc2c1. The number of hydrogen-bond donors (Lipinski definition) is 1. The average Bonchev–Trinajstić information content (AvgIpc) is 3.23. The van der Waals surface area contributed by atoms with Gasteiger partial charge in [0.25, 0.3) is 0 Å². The van der Waals surface area contributed by atoms with E-state index in [0.717, 1.165) is 33.7 Å². The minimum Gasteiger partial charge on any atom is -0.435 e. The third-order valence-electron chi connectivity index (χ3n) is 3.98. The first-order valence-electron chi connectivity index (χ1n) is 8.04. The normalized spacial score (nSPS) is 12.2. The molecule has 0 bridgehead atoms. The molecule has 4 rings (SSSR count). The van der Waals surface area contributed by atoms with Crippen LogP contribution < -0.4 is 0 Å². The van der Waals surface area contributed by atoms with E-state index >= 15 is 0 Å². The first kappa shape index (κ1) is 14.8. The zero-order chi connectivity index (χ0) is 16.9. The maximum absolute atomic E-state index is 5.91. The third-order valence-corrected chi connectivity index (χ3v) is 3.98. The van der Waals surface area contributed by atoms with Crippen LogP contribution in [0.1, 0.15) is 26.3 Å². The third kappa shape index (κ3) is 2.42. The number of H-pyrrole nitrogens is 1. The van der Waals surface area contributed by atoms with Gasteiger partial charge in [-0.1, -0.05) is 6.07 Å². The van der Waals surface area contributed by atoms with Gasteiger partial charge in [-0.05, 0) is 63.6 Å². The van der Waals surface area contributed by atoms with Crippen LogP contribution in [0, 0.1) is 6.92 Å². The summed E-state index contributed by atoms with van der Waals surface area (Å²) in [6.45, 7) is 8.44. The van der Waals surface area contributed by atoms with Crippen LogP contribution in [0.4, 0.5) is 0 Å². The highest BCUT2D eigenvalue weighted by Gasteiger charge is 2.23. The van der Waals surface area contributed by atoms with Gasteiger partial charge in [0.15, 0.2) is 5.58 Å². The molecule has 0 unspecified atom stereocenters. The van der Waals surface area contributed by atoms with Crippen LogP contribution in [0.15, 0.2) is 47.0 Å². The largest absolute Gasteiger partial charge is 0.435 e. The lowest BCUT2D eigenvalue weighted by atomic mass is 10.1. The van der Waals surface area contributed by atoms with Gasteiger partial charge in [-0.3, -0.25) is 4.68 Å². The standard InChI is InChI=1S/C19H20N4O/c1-12-7-8-17-14(10-12)21-18(24-17)15-11-16(13-6-5-9-20-13)23(22-15)19(2,3)4/h5-11,20H,1-4H3. The molecular weight excluding hydrogens is 300 g/mol. The molecule has 0 aliphatic rings. The van der Waals surface area contributed by atoms with E-state index in [2.05, 4.69) is 30.7 Å². The highest BCUT2D eigenvalue weighted by atomic mass is 16.3. The number of aryl methyl sites for hydroxylation is 1. The molecule has 0 radical (unpaired) electrons. The monoisotopic (exact) mass is 320 g/mol. The van der Waals surface area contributed by atoms with E-state index in [1.807, 2.05) is 54.2 Å². The second-order valence-corrected chi connectivity index (χ2v) is 7.07. The average molecular weight is 320 g/mol. The number of oxazole rings is 1. The van der Waals surface area contributed by atoms with E-state index in [-0.39, 0.29) is 5.54 Å². The molecule has 1 aromatic carbocycles. The molecule has 3 heterocycles. The second kappa shape index (κ2) is 5.09. The molecule has 0 atom stereocenters. The van der Waals surface area contributed by atoms with Gasteiger partial charge < -0.3 is 9.40 Å². The Morgan fingerprint density at radius 3 is 2.67 bits per heavy atom. The number of nitrogens with one attached hydrogen (secondary N) is 1. The maximum atomic E-state index is 5.91. The van der Waals surface area contributed by atoms with Crippen LogP contribution in [0.25, 0.3) is 34.1 Å². The number of aromatic nitrogens is 4. The minimum absolute atomic E-state index is 0.151. The smallest absolute Gasteiger partial charge is 0.248 e. The van der Waals surface area contributed by atoms with E-state index in [9.17, 15) is 0 Å². The molecule has 1 N–H and O–H groups in total. The lowest BCUT2D eigenvalue weighted by Crippen LogP contribution is -2.24. The molecule has 0 saturated heterocycles. The number of benzene rings is 1. The topological polar surface area (TPSA) is 59.6 Å². The molecule has 24 heavy (non-hydrogen) atoms. The number of fused-ring (bicyclic) bond motifs is 1. The Bertz CT molecular complexity index is 1000. The quantitative estimate of drug-likeness (QED) is 0.580. The summed E-state index contributed by atoms with van der Waals surface area (Å²) >= 11 is 0. The minimum atomic E-state index is -0.151. The summed E-state index contributed by atoms with van der Waals surface area (Å²) in [5.41, 5.74) is 5.43. The summed E-state index contributed by atoms with van der Waals surface area (Å²) in [4.78, 5) is 7.86. The van der Waals surface area contributed by atoms with Gasteiger partial charge in [-0.25, -0.2) is 4.98 Å². The van der Waals surface area contributed by atoms with E-state index in [1.165, 1.54) is 0 Å². The van der Waals surface area contributed by atoms with Gasteiger partial charge in [-0.15, -0.1) is 0 Å². The van der Waals surface area contributed by atoms with Gasteiger partial charge in [0.2, 0.25) is 5.89 Å². The molecule has 0 spiro atoms. The van der Waals surface area contributed by atoms with Crippen LogP contribution >= 0.6 is 0 Å². The van der Waals surface area contributed by atoms with Gasteiger partial charge in [0.05, 0.1) is 16.9 Å². The molecule has 3 aromatic heterocycles. The Kier molecular flexibility index (Phi) is 3.13. The fourth-order valence-corrected chi connectivity index (χ4v) is 2.83. The molecular formula is C19H20N4O. The van der Waals surface area contributed by atoms with Crippen molar-refractivity contribution >= 4 is 11.1 Å². The summed E-state index contributed by atoms with van der Waals surface area (Å²) < 4.78 is 7.92. The van der Waals surface area contributed by atoms with Crippen LogP contribution in [0.3, 0.4) is 0 Å². The van der Waals surface area contributed by atoms with Crippen LogP contribution in [-0.2, 0) is 5.54 Å². The lowest BCUT2D eigenvalue weighted by molar-refractivity contribution is 0.360. The van der Waals surface area contributed by atoms with Gasteiger partial charge >= 0.3 is 0 Å². The van der Waals surface area contributed by atoms with E-state index in [4.69, 9.17) is 9.52 Å². The first-order chi connectivity index (χ1) is 11.4. The summed E-state index contributed by atoms with van der Waals surface area (Å²) in [6, 6.07) is 12.0. The molecule has 5 heteroatoms. The number of rotatable bonds is 2. The molecule has 4 aromatic rings. The number of aromatic amines is 1. The summed E-state index contributed by atoms with van der Waals surface area (Å²) in [5.74, 6) is 0.548. The van der Waals surface area contributed by atoms with Crippen molar-refractivity contribution in [3.63, 3.8) is 0 Å². The molecule has 0 amide bonds. The molecule has 5 nitrogen and oxygen atoms in total. The van der Waals surface area contributed by atoms with E-state index < -0.39 is 0 Å². The Morgan fingerprint density at radius 2 is 1.96 bits per heavy atom. The van der Waals surface area contributed by atoms with Crippen molar-refractivity contribution < 1.29 is 4.42 Å². The maximum Gasteiger partial charge on any atom is 0.248 e. The van der Waals surface area contributed by atoms with E-state index in [0.29, 0.717) is 5.89 Å². The van der Waals surface area contributed by atoms with Crippen LogP contribution in [0.2, 0.25) is 0 Å². The summed E-state index contributed by atoms with van der Waals surface area (Å²) in [5, 5.41) is 4.77. The molecule has 0 saturated carbocycles. The highest BCUT2D eigenvalue weighted by Crippen LogP contribution is 2.31. The van der Waals surface area contributed by atoms with Crippen molar-refractivity contribution in [1.29, 1.82) is 0 Å². The Hall–Kier alpha value is -2.82. The van der Waals surface area contributed by atoms with Crippen LogP contribution in [-0.4, -0.2) is 19.7 Å². The van der Waals surface area contributed by atoms with Crippen molar-refractivity contribution in [2.24, 2.45) is 0 Å². The Labute approximate surface area is 140 Å². The van der Waals surface area contributed by atoms with Gasteiger partial charge in [-0.2, -0.15) is 5.10 Å². The lowest BCUT2D eigenvalue weighted by Gasteiger charge is -2.21. The van der Waals surface area contributed by atoms with Gasteiger partial charge in [0.1, 0.15) is 11.2 Å². The fourth-order valence-electron chi connectivity index (χ4n) is 2.83. The summed E-state index contributed by atoms with van der Waals surface area (Å²) in [7, 11) is 0. The molecule has 0 aliphatic heterocycles.